The van der Waals surface area contributed by atoms with Crippen LogP contribution in [0.3, 0.4) is 0 Å². The summed E-state index contributed by atoms with van der Waals surface area (Å²) in [6.07, 6.45) is 8.52. The maximum absolute atomic E-state index is 3.79. The van der Waals surface area contributed by atoms with E-state index in [9.17, 15) is 0 Å². The molecule has 1 aliphatic heterocycles. The zero-order chi connectivity index (χ0) is 11.8. The highest BCUT2D eigenvalue weighted by Crippen LogP contribution is 2.11. The van der Waals surface area contributed by atoms with Gasteiger partial charge in [0.05, 0.1) is 0 Å². The molecule has 1 unspecified atom stereocenters. The van der Waals surface area contributed by atoms with Crippen LogP contribution in [-0.2, 0) is 0 Å². The maximum atomic E-state index is 3.79. The van der Waals surface area contributed by atoms with Crippen LogP contribution in [0.1, 0.15) is 46.0 Å². The number of nitrogens with zero attached hydrogens (tertiary/aromatic N) is 1. The van der Waals surface area contributed by atoms with Gasteiger partial charge in [0.2, 0.25) is 0 Å². The third kappa shape index (κ3) is 5.13. The van der Waals surface area contributed by atoms with Crippen LogP contribution in [0.2, 0.25) is 0 Å². The van der Waals surface area contributed by atoms with Crippen molar-refractivity contribution in [1.29, 1.82) is 0 Å². The molecule has 0 aromatic rings. The Balaban J connectivity index is 2.28. The second-order valence-electron chi connectivity index (χ2n) is 5.17. The van der Waals surface area contributed by atoms with Crippen molar-refractivity contribution in [1.82, 2.24) is 10.2 Å². The fourth-order valence-corrected chi connectivity index (χ4v) is 2.36. The predicted octanol–water partition coefficient (Wildman–Crippen LogP) is 2.81. The lowest BCUT2D eigenvalue weighted by Crippen LogP contribution is -2.46. The Bertz CT molecular complexity index is 183. The van der Waals surface area contributed by atoms with Crippen LogP contribution >= 0.6 is 0 Å². The number of nitrogens with one attached hydrogen (secondary N) is 1. The van der Waals surface area contributed by atoms with Gasteiger partial charge in [-0.1, -0.05) is 12.5 Å². The number of hydrogen-bond acceptors (Lipinski definition) is 2. The van der Waals surface area contributed by atoms with E-state index in [1.807, 2.05) is 6.08 Å². The van der Waals surface area contributed by atoms with Crippen molar-refractivity contribution in [2.45, 2.75) is 58.0 Å². The van der Waals surface area contributed by atoms with Gasteiger partial charge in [-0.3, -0.25) is 4.90 Å². The summed E-state index contributed by atoms with van der Waals surface area (Å²) in [6.45, 7) is 12.0. The summed E-state index contributed by atoms with van der Waals surface area (Å²) >= 11 is 0. The Morgan fingerprint density at radius 3 is 2.81 bits per heavy atom. The molecule has 0 radical (unpaired) electrons. The van der Waals surface area contributed by atoms with E-state index in [4.69, 9.17) is 0 Å². The van der Waals surface area contributed by atoms with E-state index < -0.39 is 0 Å². The summed E-state index contributed by atoms with van der Waals surface area (Å²) in [7, 11) is 0. The van der Waals surface area contributed by atoms with Gasteiger partial charge in [-0.2, -0.15) is 0 Å². The molecule has 0 aromatic carbocycles. The molecule has 0 spiro atoms. The lowest BCUT2D eigenvalue weighted by Gasteiger charge is -2.33. The summed E-state index contributed by atoms with van der Waals surface area (Å²) in [5.74, 6) is 0. The lowest BCUT2D eigenvalue weighted by atomic mass is 10.0. The molecule has 2 heteroatoms. The van der Waals surface area contributed by atoms with Gasteiger partial charge >= 0.3 is 0 Å². The van der Waals surface area contributed by atoms with E-state index in [0.717, 1.165) is 12.5 Å². The average molecular weight is 224 g/mol. The molecule has 1 fully saturated rings. The zero-order valence-electron chi connectivity index (χ0n) is 11.0. The van der Waals surface area contributed by atoms with Crippen molar-refractivity contribution in [2.24, 2.45) is 0 Å². The smallest absolute Gasteiger partial charge is 0.0195 e. The second-order valence-corrected chi connectivity index (χ2v) is 5.17. The number of piperidine rings is 1. The zero-order valence-corrected chi connectivity index (χ0v) is 11.0. The monoisotopic (exact) mass is 224 g/mol. The molecular formula is C14H28N2. The topological polar surface area (TPSA) is 15.3 Å². The number of allylic oxidation sites excluding steroid dienone is 1. The molecule has 16 heavy (non-hydrogen) atoms. The van der Waals surface area contributed by atoms with Crippen molar-refractivity contribution in [3.05, 3.63) is 12.7 Å². The van der Waals surface area contributed by atoms with Crippen LogP contribution in [0.15, 0.2) is 12.7 Å². The first-order valence-corrected chi connectivity index (χ1v) is 6.82. The molecule has 0 bridgehead atoms. The quantitative estimate of drug-likeness (QED) is 0.528. The van der Waals surface area contributed by atoms with Gasteiger partial charge in [-0.05, 0) is 52.6 Å². The SMILES string of the molecule is C=CCCCN(CC1CCCCN1)C(C)C. The van der Waals surface area contributed by atoms with Gasteiger partial charge in [0.25, 0.3) is 0 Å². The molecule has 1 aliphatic rings. The van der Waals surface area contributed by atoms with E-state index in [2.05, 4.69) is 30.6 Å². The normalized spacial score (nSPS) is 21.6. The molecule has 1 rings (SSSR count). The van der Waals surface area contributed by atoms with Gasteiger partial charge in [-0.15, -0.1) is 6.58 Å². The summed E-state index contributed by atoms with van der Waals surface area (Å²) in [4.78, 5) is 2.60. The molecule has 0 aromatic heterocycles. The van der Waals surface area contributed by atoms with Gasteiger partial charge in [0.1, 0.15) is 0 Å². The molecule has 94 valence electrons. The minimum atomic E-state index is 0.661. The molecule has 2 nitrogen and oxygen atoms in total. The van der Waals surface area contributed by atoms with E-state index in [-0.39, 0.29) is 0 Å². The highest BCUT2D eigenvalue weighted by molar-refractivity contribution is 4.78. The maximum Gasteiger partial charge on any atom is 0.0195 e. The molecule has 1 N–H and O–H groups in total. The van der Waals surface area contributed by atoms with E-state index in [1.54, 1.807) is 0 Å². The summed E-state index contributed by atoms with van der Waals surface area (Å²) in [5.41, 5.74) is 0. The van der Waals surface area contributed by atoms with Gasteiger partial charge in [0, 0.05) is 18.6 Å². The third-order valence-electron chi connectivity index (χ3n) is 3.45. The minimum absolute atomic E-state index is 0.661. The Kier molecular flexibility index (Phi) is 6.74. The standard InChI is InChI=1S/C14H28N2/c1-4-5-8-11-16(13(2)3)12-14-9-6-7-10-15-14/h4,13-15H,1,5-12H2,2-3H3. The highest BCUT2D eigenvalue weighted by Gasteiger charge is 2.17. The van der Waals surface area contributed by atoms with Crippen LogP contribution in [0.25, 0.3) is 0 Å². The third-order valence-corrected chi connectivity index (χ3v) is 3.45. The second kappa shape index (κ2) is 7.86. The predicted molar refractivity (Wildman–Crippen MR) is 71.8 cm³/mol. The van der Waals surface area contributed by atoms with Crippen molar-refractivity contribution < 1.29 is 0 Å². The number of unbranched alkanes of at least 4 members (excludes halogenated alkanes) is 1. The Labute approximate surface area is 101 Å². The molecule has 1 atom stereocenters. The average Bonchev–Trinajstić information content (AvgIpc) is 2.29. The van der Waals surface area contributed by atoms with Crippen molar-refractivity contribution in [2.75, 3.05) is 19.6 Å². The first kappa shape index (κ1) is 13.7. The molecule has 0 aliphatic carbocycles. The lowest BCUT2D eigenvalue weighted by molar-refractivity contribution is 0.183. The van der Waals surface area contributed by atoms with Crippen molar-refractivity contribution in [3.8, 4) is 0 Å². The molecule has 1 heterocycles. The van der Waals surface area contributed by atoms with Crippen molar-refractivity contribution >= 4 is 0 Å². The van der Waals surface area contributed by atoms with Crippen LogP contribution < -0.4 is 5.32 Å². The van der Waals surface area contributed by atoms with Crippen LogP contribution in [0.5, 0.6) is 0 Å². The first-order chi connectivity index (χ1) is 7.74. The fraction of sp³-hybridized carbons (Fsp3) is 0.857. The van der Waals surface area contributed by atoms with E-state index in [1.165, 1.54) is 45.3 Å². The van der Waals surface area contributed by atoms with Gasteiger partial charge < -0.3 is 5.32 Å². The first-order valence-electron chi connectivity index (χ1n) is 6.82. The molecule has 0 amide bonds. The minimum Gasteiger partial charge on any atom is -0.313 e. The number of rotatable bonds is 7. The number of hydrogen-bond donors (Lipinski definition) is 1. The van der Waals surface area contributed by atoms with Crippen LogP contribution in [-0.4, -0.2) is 36.6 Å². The van der Waals surface area contributed by atoms with Crippen LogP contribution in [0.4, 0.5) is 0 Å². The molecule has 1 saturated heterocycles. The fourth-order valence-electron chi connectivity index (χ4n) is 2.36. The van der Waals surface area contributed by atoms with E-state index in [0.29, 0.717) is 6.04 Å². The Morgan fingerprint density at radius 2 is 2.25 bits per heavy atom. The highest BCUT2D eigenvalue weighted by atomic mass is 15.2. The largest absolute Gasteiger partial charge is 0.313 e. The molecular weight excluding hydrogens is 196 g/mol. The van der Waals surface area contributed by atoms with Gasteiger partial charge in [-0.25, -0.2) is 0 Å². The molecule has 0 saturated carbocycles. The summed E-state index contributed by atoms with van der Waals surface area (Å²) < 4.78 is 0. The van der Waals surface area contributed by atoms with Crippen LogP contribution in [0, 0.1) is 0 Å². The van der Waals surface area contributed by atoms with E-state index >= 15 is 0 Å². The Morgan fingerprint density at radius 1 is 1.44 bits per heavy atom. The van der Waals surface area contributed by atoms with Crippen molar-refractivity contribution in [3.63, 3.8) is 0 Å². The Hall–Kier alpha value is -0.340. The van der Waals surface area contributed by atoms with Gasteiger partial charge in [0.15, 0.2) is 0 Å². The summed E-state index contributed by atoms with van der Waals surface area (Å²) in [5, 5.41) is 3.63. The summed E-state index contributed by atoms with van der Waals surface area (Å²) in [6, 6.07) is 1.38.